The lowest BCUT2D eigenvalue weighted by molar-refractivity contribution is -0.126. The number of nitrogens with one attached hydrogen (secondary N) is 2. The molecule has 0 spiro atoms. The van der Waals surface area contributed by atoms with Gasteiger partial charge in [0.25, 0.3) is 0 Å². The Balaban J connectivity index is 1.58. The summed E-state index contributed by atoms with van der Waals surface area (Å²) in [4.78, 5) is 38.7. The highest BCUT2D eigenvalue weighted by atomic mass is 16.2. The van der Waals surface area contributed by atoms with Gasteiger partial charge in [-0.3, -0.25) is 14.4 Å². The second kappa shape index (κ2) is 9.57. The fraction of sp³-hybridized carbons (Fsp3) is 0.375. The van der Waals surface area contributed by atoms with E-state index in [0.29, 0.717) is 18.8 Å². The molecule has 1 aliphatic rings. The summed E-state index contributed by atoms with van der Waals surface area (Å²) < 4.78 is 0. The van der Waals surface area contributed by atoms with Crippen molar-refractivity contribution in [2.45, 2.75) is 40.2 Å². The SMILES string of the molecule is CCc1cccc(N2C[C@H](C(=O)NCc3cccc(NC(=O)C(C)C)c3)CC2=O)c1. The molecule has 3 rings (SSSR count). The van der Waals surface area contributed by atoms with E-state index in [2.05, 4.69) is 17.6 Å². The number of carbonyl (C=O) groups is 3. The maximum atomic E-state index is 12.7. The van der Waals surface area contributed by atoms with E-state index in [1.807, 2.05) is 62.4 Å². The van der Waals surface area contributed by atoms with Crippen molar-refractivity contribution in [1.29, 1.82) is 0 Å². The number of rotatable bonds is 7. The van der Waals surface area contributed by atoms with E-state index in [9.17, 15) is 14.4 Å². The fourth-order valence-corrected chi connectivity index (χ4v) is 3.46. The van der Waals surface area contributed by atoms with Gasteiger partial charge in [0.2, 0.25) is 17.7 Å². The molecule has 0 unspecified atom stereocenters. The molecule has 1 aliphatic heterocycles. The molecular weight excluding hydrogens is 378 g/mol. The van der Waals surface area contributed by atoms with E-state index >= 15 is 0 Å². The van der Waals surface area contributed by atoms with Gasteiger partial charge in [0, 0.05) is 36.8 Å². The number of hydrogen-bond donors (Lipinski definition) is 2. The summed E-state index contributed by atoms with van der Waals surface area (Å²) in [6.45, 7) is 6.49. The fourth-order valence-electron chi connectivity index (χ4n) is 3.46. The molecule has 6 nitrogen and oxygen atoms in total. The predicted octanol–water partition coefficient (Wildman–Crippen LogP) is 3.51. The van der Waals surface area contributed by atoms with Crippen LogP contribution in [-0.4, -0.2) is 24.3 Å². The average molecular weight is 408 g/mol. The summed E-state index contributed by atoms with van der Waals surface area (Å²) in [6, 6.07) is 15.3. The van der Waals surface area contributed by atoms with Crippen molar-refractivity contribution >= 4 is 29.1 Å². The van der Waals surface area contributed by atoms with Crippen molar-refractivity contribution in [3.8, 4) is 0 Å². The Morgan fingerprint density at radius 3 is 2.57 bits per heavy atom. The van der Waals surface area contributed by atoms with Crippen LogP contribution >= 0.6 is 0 Å². The molecule has 158 valence electrons. The van der Waals surface area contributed by atoms with E-state index in [1.54, 1.807) is 4.90 Å². The van der Waals surface area contributed by atoms with Crippen molar-refractivity contribution in [3.63, 3.8) is 0 Å². The molecule has 2 aromatic carbocycles. The quantitative estimate of drug-likeness (QED) is 0.737. The highest BCUT2D eigenvalue weighted by molar-refractivity contribution is 6.00. The minimum absolute atomic E-state index is 0.0261. The zero-order chi connectivity index (χ0) is 21.7. The highest BCUT2D eigenvalue weighted by Crippen LogP contribution is 2.26. The second-order valence-electron chi connectivity index (χ2n) is 7.99. The van der Waals surface area contributed by atoms with Gasteiger partial charge in [0.05, 0.1) is 5.92 Å². The molecule has 0 aromatic heterocycles. The van der Waals surface area contributed by atoms with Crippen molar-refractivity contribution in [3.05, 3.63) is 59.7 Å². The standard InChI is InChI=1S/C24H29N3O3/c1-4-17-7-6-10-21(12-17)27-15-19(13-22(27)28)24(30)25-14-18-8-5-9-20(11-18)26-23(29)16(2)3/h5-12,16,19H,4,13-15H2,1-3H3,(H,25,30)(H,26,29)/t19-/m1/s1. The molecule has 6 heteroatoms. The first kappa shape index (κ1) is 21.6. The Kier molecular flexibility index (Phi) is 6.87. The maximum Gasteiger partial charge on any atom is 0.227 e. The van der Waals surface area contributed by atoms with Crippen LogP contribution in [0.25, 0.3) is 0 Å². The molecule has 2 N–H and O–H groups in total. The monoisotopic (exact) mass is 407 g/mol. The lowest BCUT2D eigenvalue weighted by Crippen LogP contribution is -2.32. The number of carbonyl (C=O) groups excluding carboxylic acids is 3. The van der Waals surface area contributed by atoms with Crippen LogP contribution in [0.5, 0.6) is 0 Å². The Morgan fingerprint density at radius 2 is 1.83 bits per heavy atom. The van der Waals surface area contributed by atoms with Gasteiger partial charge in [-0.05, 0) is 41.8 Å². The number of nitrogens with zero attached hydrogens (tertiary/aromatic N) is 1. The van der Waals surface area contributed by atoms with Gasteiger partial charge in [0.1, 0.15) is 0 Å². The topological polar surface area (TPSA) is 78.5 Å². The third kappa shape index (κ3) is 5.26. The molecule has 1 saturated heterocycles. The summed E-state index contributed by atoms with van der Waals surface area (Å²) in [7, 11) is 0. The van der Waals surface area contributed by atoms with Crippen LogP contribution in [0.1, 0.15) is 38.3 Å². The van der Waals surface area contributed by atoms with Gasteiger partial charge in [0.15, 0.2) is 0 Å². The molecule has 1 heterocycles. The molecule has 1 atom stereocenters. The van der Waals surface area contributed by atoms with Crippen LogP contribution in [0, 0.1) is 11.8 Å². The first-order chi connectivity index (χ1) is 14.4. The van der Waals surface area contributed by atoms with Crippen molar-refractivity contribution in [2.24, 2.45) is 11.8 Å². The molecule has 0 radical (unpaired) electrons. The molecule has 3 amide bonds. The smallest absolute Gasteiger partial charge is 0.227 e. The van der Waals surface area contributed by atoms with E-state index < -0.39 is 0 Å². The Labute approximate surface area is 177 Å². The van der Waals surface area contributed by atoms with Gasteiger partial charge in [-0.15, -0.1) is 0 Å². The van der Waals surface area contributed by atoms with Gasteiger partial charge < -0.3 is 15.5 Å². The molecule has 0 aliphatic carbocycles. The normalized spacial score (nSPS) is 16.1. The molecule has 2 aromatic rings. The second-order valence-corrected chi connectivity index (χ2v) is 7.99. The van der Waals surface area contributed by atoms with E-state index in [1.165, 1.54) is 0 Å². The van der Waals surface area contributed by atoms with E-state index in [0.717, 1.165) is 23.2 Å². The van der Waals surface area contributed by atoms with Crippen LogP contribution in [0.4, 0.5) is 11.4 Å². The van der Waals surface area contributed by atoms with Crippen LogP contribution in [0.3, 0.4) is 0 Å². The van der Waals surface area contributed by atoms with Gasteiger partial charge in [-0.25, -0.2) is 0 Å². The van der Waals surface area contributed by atoms with Crippen molar-refractivity contribution in [1.82, 2.24) is 5.32 Å². The number of benzene rings is 2. The summed E-state index contributed by atoms with van der Waals surface area (Å²) in [5.74, 6) is -0.676. The number of amides is 3. The minimum Gasteiger partial charge on any atom is -0.352 e. The molecular formula is C24H29N3O3. The summed E-state index contributed by atoms with van der Waals surface area (Å²) in [6.07, 6.45) is 1.11. The molecule has 0 bridgehead atoms. The zero-order valence-corrected chi connectivity index (χ0v) is 17.8. The lowest BCUT2D eigenvalue weighted by Gasteiger charge is -2.17. The Morgan fingerprint density at radius 1 is 1.10 bits per heavy atom. The average Bonchev–Trinajstić information content (AvgIpc) is 3.14. The van der Waals surface area contributed by atoms with Gasteiger partial charge in [-0.1, -0.05) is 45.0 Å². The Bertz CT molecular complexity index is 939. The van der Waals surface area contributed by atoms with Crippen molar-refractivity contribution in [2.75, 3.05) is 16.8 Å². The summed E-state index contributed by atoms with van der Waals surface area (Å²) >= 11 is 0. The van der Waals surface area contributed by atoms with Gasteiger partial charge >= 0.3 is 0 Å². The highest BCUT2D eigenvalue weighted by Gasteiger charge is 2.35. The third-order valence-corrected chi connectivity index (χ3v) is 5.31. The van der Waals surface area contributed by atoms with E-state index in [4.69, 9.17) is 0 Å². The first-order valence-electron chi connectivity index (χ1n) is 10.4. The third-order valence-electron chi connectivity index (χ3n) is 5.31. The number of hydrogen-bond acceptors (Lipinski definition) is 3. The largest absolute Gasteiger partial charge is 0.352 e. The molecule has 30 heavy (non-hydrogen) atoms. The Hall–Kier alpha value is -3.15. The first-order valence-corrected chi connectivity index (χ1v) is 10.4. The predicted molar refractivity (Wildman–Crippen MR) is 118 cm³/mol. The summed E-state index contributed by atoms with van der Waals surface area (Å²) in [5, 5.41) is 5.79. The van der Waals surface area contributed by atoms with Gasteiger partial charge in [-0.2, -0.15) is 0 Å². The van der Waals surface area contributed by atoms with Crippen LogP contribution in [0.2, 0.25) is 0 Å². The zero-order valence-electron chi connectivity index (χ0n) is 17.8. The van der Waals surface area contributed by atoms with Crippen molar-refractivity contribution < 1.29 is 14.4 Å². The van der Waals surface area contributed by atoms with Crippen LogP contribution in [-0.2, 0) is 27.3 Å². The summed E-state index contributed by atoms with van der Waals surface area (Å²) in [5.41, 5.74) is 3.61. The lowest BCUT2D eigenvalue weighted by atomic mass is 10.1. The number of anilines is 2. The van der Waals surface area contributed by atoms with Crippen LogP contribution < -0.4 is 15.5 Å². The van der Waals surface area contributed by atoms with E-state index in [-0.39, 0.29) is 36.0 Å². The maximum absolute atomic E-state index is 12.7. The molecule has 0 saturated carbocycles. The number of aryl methyl sites for hydroxylation is 1. The minimum atomic E-state index is -0.369. The van der Waals surface area contributed by atoms with Crippen LogP contribution in [0.15, 0.2) is 48.5 Å². The molecule has 1 fully saturated rings.